The predicted molar refractivity (Wildman–Crippen MR) is 97.2 cm³/mol. The fraction of sp³-hybridized carbons (Fsp3) is 0.250. The third-order valence-corrected chi connectivity index (χ3v) is 4.31. The number of aromatic amines is 1. The van der Waals surface area contributed by atoms with Crippen molar-refractivity contribution in [3.63, 3.8) is 0 Å². The van der Waals surface area contributed by atoms with Gasteiger partial charge in [0.05, 0.1) is 5.69 Å². The van der Waals surface area contributed by atoms with E-state index in [9.17, 15) is 14.4 Å². The smallest absolute Gasteiger partial charge is 0.336 e. The average molecular weight is 353 g/mol. The van der Waals surface area contributed by atoms with Crippen LogP contribution in [0.2, 0.25) is 0 Å². The zero-order valence-electron chi connectivity index (χ0n) is 15.0. The molecule has 3 aromatic rings. The van der Waals surface area contributed by atoms with E-state index in [2.05, 4.69) is 4.98 Å². The molecule has 0 aliphatic rings. The highest BCUT2D eigenvalue weighted by atomic mass is 16.5. The molecule has 26 heavy (non-hydrogen) atoms. The van der Waals surface area contributed by atoms with E-state index in [1.807, 2.05) is 0 Å². The molecular formula is C20H19NO5. The quantitative estimate of drug-likeness (QED) is 0.559. The van der Waals surface area contributed by atoms with E-state index >= 15 is 0 Å². The van der Waals surface area contributed by atoms with Gasteiger partial charge in [0.15, 0.2) is 11.9 Å². The summed E-state index contributed by atoms with van der Waals surface area (Å²) in [5.74, 6) is 0.0709. The third-order valence-electron chi connectivity index (χ3n) is 4.31. The number of hydrogen-bond acceptors (Lipinski definition) is 5. The molecule has 6 nitrogen and oxygen atoms in total. The van der Waals surface area contributed by atoms with Crippen molar-refractivity contribution in [2.24, 2.45) is 0 Å². The van der Waals surface area contributed by atoms with Gasteiger partial charge in [0.25, 0.3) is 0 Å². The average Bonchev–Trinajstić information content (AvgIpc) is 2.88. The maximum atomic E-state index is 12.7. The van der Waals surface area contributed by atoms with Crippen molar-refractivity contribution in [2.75, 3.05) is 0 Å². The fourth-order valence-corrected chi connectivity index (χ4v) is 3.10. The number of aromatic nitrogens is 1. The van der Waals surface area contributed by atoms with E-state index in [4.69, 9.17) is 9.15 Å². The molecule has 1 atom stereocenters. The fourth-order valence-electron chi connectivity index (χ4n) is 3.10. The maximum absolute atomic E-state index is 12.7. The van der Waals surface area contributed by atoms with Gasteiger partial charge in [-0.15, -0.1) is 0 Å². The second kappa shape index (κ2) is 6.63. The lowest BCUT2D eigenvalue weighted by molar-refractivity contribution is 0.0812. The topological polar surface area (TPSA) is 89.4 Å². The van der Waals surface area contributed by atoms with Crippen molar-refractivity contribution in [1.29, 1.82) is 0 Å². The van der Waals surface area contributed by atoms with Crippen LogP contribution in [0.15, 0.2) is 39.5 Å². The zero-order valence-corrected chi connectivity index (χ0v) is 15.0. The van der Waals surface area contributed by atoms with Crippen LogP contribution in [0.25, 0.3) is 11.0 Å². The first-order valence-corrected chi connectivity index (χ1v) is 8.23. The number of nitrogens with one attached hydrogen (secondary N) is 1. The van der Waals surface area contributed by atoms with Gasteiger partial charge in [0.2, 0.25) is 5.78 Å². The Labute approximate surface area is 149 Å². The van der Waals surface area contributed by atoms with Crippen LogP contribution in [-0.4, -0.2) is 22.7 Å². The Morgan fingerprint density at radius 3 is 2.50 bits per heavy atom. The minimum Gasteiger partial charge on any atom is -0.482 e. The van der Waals surface area contributed by atoms with Gasteiger partial charge < -0.3 is 14.1 Å². The highest BCUT2D eigenvalue weighted by molar-refractivity contribution is 6.04. The van der Waals surface area contributed by atoms with E-state index in [-0.39, 0.29) is 11.6 Å². The number of aryl methyl sites for hydroxylation is 1. The lowest BCUT2D eigenvalue weighted by Crippen LogP contribution is -2.25. The lowest BCUT2D eigenvalue weighted by atomic mass is 10.0. The molecule has 0 aliphatic heterocycles. The molecule has 2 aromatic heterocycles. The molecule has 0 spiro atoms. The van der Waals surface area contributed by atoms with Crippen molar-refractivity contribution in [3.8, 4) is 5.75 Å². The number of ketones is 2. The Morgan fingerprint density at radius 1 is 1.15 bits per heavy atom. The largest absolute Gasteiger partial charge is 0.482 e. The van der Waals surface area contributed by atoms with E-state index < -0.39 is 11.7 Å². The number of Topliss-reactive ketones (excluding diaryl/α,β-unsaturated/α-hetero) is 2. The molecule has 1 unspecified atom stereocenters. The van der Waals surface area contributed by atoms with Crippen molar-refractivity contribution >= 4 is 22.5 Å². The first-order chi connectivity index (χ1) is 12.3. The van der Waals surface area contributed by atoms with Gasteiger partial charge in [-0.3, -0.25) is 9.59 Å². The third kappa shape index (κ3) is 3.18. The summed E-state index contributed by atoms with van der Waals surface area (Å²) in [4.78, 5) is 38.8. The maximum Gasteiger partial charge on any atom is 0.336 e. The number of carbonyl (C=O) groups excluding carboxylic acids is 2. The minimum atomic E-state index is -0.778. The van der Waals surface area contributed by atoms with Gasteiger partial charge in [0, 0.05) is 28.8 Å². The molecule has 2 heterocycles. The normalized spacial score (nSPS) is 12.2. The highest BCUT2D eigenvalue weighted by Crippen LogP contribution is 2.23. The van der Waals surface area contributed by atoms with E-state index in [0.29, 0.717) is 33.8 Å². The summed E-state index contributed by atoms with van der Waals surface area (Å²) in [6.45, 7) is 6.61. The second-order valence-electron chi connectivity index (χ2n) is 6.26. The van der Waals surface area contributed by atoms with Gasteiger partial charge in [-0.25, -0.2) is 4.79 Å². The summed E-state index contributed by atoms with van der Waals surface area (Å²) in [6, 6.07) is 8.04. The summed E-state index contributed by atoms with van der Waals surface area (Å²) in [5.41, 5.74) is 2.13. The molecule has 1 N–H and O–H groups in total. The Kier molecular flexibility index (Phi) is 4.50. The molecule has 0 saturated heterocycles. The Balaban J connectivity index is 1.87. The van der Waals surface area contributed by atoms with Crippen LogP contribution in [0, 0.1) is 13.8 Å². The summed E-state index contributed by atoms with van der Waals surface area (Å²) in [6.07, 6.45) is -0.778. The number of benzene rings is 1. The van der Waals surface area contributed by atoms with E-state index in [0.717, 1.165) is 5.39 Å². The molecule has 0 saturated carbocycles. The van der Waals surface area contributed by atoms with Crippen molar-refractivity contribution < 1.29 is 18.7 Å². The van der Waals surface area contributed by atoms with Crippen molar-refractivity contribution in [1.82, 2.24) is 4.98 Å². The SMILES string of the molecule is CC(=O)c1c(C)[nH]c(C(=O)C(C)Oc2ccc3ccc(=O)oc3c2)c1C. The Morgan fingerprint density at radius 2 is 1.85 bits per heavy atom. The molecular weight excluding hydrogens is 334 g/mol. The van der Waals surface area contributed by atoms with Gasteiger partial charge in [0.1, 0.15) is 11.3 Å². The minimum absolute atomic E-state index is 0.0894. The zero-order chi connectivity index (χ0) is 19.0. The summed E-state index contributed by atoms with van der Waals surface area (Å²) >= 11 is 0. The molecule has 0 amide bonds. The molecule has 1 aromatic carbocycles. The molecule has 6 heteroatoms. The molecule has 134 valence electrons. The molecule has 3 rings (SSSR count). The van der Waals surface area contributed by atoms with Crippen LogP contribution in [0.1, 0.15) is 46.0 Å². The first kappa shape index (κ1) is 17.7. The van der Waals surface area contributed by atoms with E-state index in [1.54, 1.807) is 45.0 Å². The monoisotopic (exact) mass is 353 g/mol. The standard InChI is InChI=1S/C20H19NO5/c1-10-18(12(3)22)11(2)21-19(10)20(24)13(4)25-15-7-5-14-6-8-17(23)26-16(14)9-15/h5-9,13,21H,1-4H3. The first-order valence-electron chi connectivity index (χ1n) is 8.23. The molecule has 0 radical (unpaired) electrons. The Hall–Kier alpha value is -3.15. The summed E-state index contributed by atoms with van der Waals surface area (Å²) in [7, 11) is 0. The molecule has 0 bridgehead atoms. The van der Waals surface area contributed by atoms with Gasteiger partial charge in [-0.1, -0.05) is 0 Å². The number of H-pyrrole nitrogens is 1. The van der Waals surface area contributed by atoms with Crippen LogP contribution in [0.5, 0.6) is 5.75 Å². The van der Waals surface area contributed by atoms with Crippen LogP contribution in [0.4, 0.5) is 0 Å². The number of rotatable bonds is 5. The summed E-state index contributed by atoms with van der Waals surface area (Å²) in [5, 5.41) is 0.762. The van der Waals surface area contributed by atoms with Gasteiger partial charge >= 0.3 is 5.63 Å². The molecule has 0 fully saturated rings. The van der Waals surface area contributed by atoms with Crippen LogP contribution in [0.3, 0.4) is 0 Å². The summed E-state index contributed by atoms with van der Waals surface area (Å²) < 4.78 is 10.9. The number of fused-ring (bicyclic) bond motifs is 1. The van der Waals surface area contributed by atoms with Gasteiger partial charge in [-0.2, -0.15) is 0 Å². The number of hydrogen-bond donors (Lipinski definition) is 1. The van der Waals surface area contributed by atoms with Crippen LogP contribution >= 0.6 is 0 Å². The van der Waals surface area contributed by atoms with Crippen molar-refractivity contribution in [2.45, 2.75) is 33.8 Å². The Bertz CT molecular complexity index is 1070. The van der Waals surface area contributed by atoms with Crippen molar-refractivity contribution in [3.05, 3.63) is 63.3 Å². The number of carbonyl (C=O) groups is 2. The highest BCUT2D eigenvalue weighted by Gasteiger charge is 2.24. The van der Waals surface area contributed by atoms with Gasteiger partial charge in [-0.05, 0) is 51.5 Å². The van der Waals surface area contributed by atoms with Crippen LogP contribution in [-0.2, 0) is 0 Å². The lowest BCUT2D eigenvalue weighted by Gasteiger charge is -2.14. The second-order valence-corrected chi connectivity index (χ2v) is 6.26. The number of ether oxygens (including phenoxy) is 1. The van der Waals surface area contributed by atoms with E-state index in [1.165, 1.54) is 13.0 Å². The predicted octanol–water partition coefficient (Wildman–Crippen LogP) is 3.59. The molecule has 0 aliphatic carbocycles. The van der Waals surface area contributed by atoms with Crippen LogP contribution < -0.4 is 10.4 Å².